The summed E-state index contributed by atoms with van der Waals surface area (Å²) >= 11 is 5.90. The van der Waals surface area contributed by atoms with Crippen molar-refractivity contribution in [3.05, 3.63) is 69.5 Å². The van der Waals surface area contributed by atoms with Crippen LogP contribution in [0, 0.1) is 19.7 Å². The van der Waals surface area contributed by atoms with Gasteiger partial charge in [-0.2, -0.15) is 0 Å². The number of aryl methyl sites for hydroxylation is 2. The first-order valence-electron chi connectivity index (χ1n) is 6.16. The van der Waals surface area contributed by atoms with Crippen molar-refractivity contribution in [2.75, 3.05) is 0 Å². The van der Waals surface area contributed by atoms with E-state index in [1.54, 1.807) is 12.1 Å². The first-order chi connectivity index (χ1) is 8.97. The van der Waals surface area contributed by atoms with Crippen LogP contribution in [0.3, 0.4) is 0 Å². The topological polar surface area (TPSA) is 20.2 Å². The van der Waals surface area contributed by atoms with Crippen LogP contribution in [0.15, 0.2) is 36.4 Å². The highest BCUT2D eigenvalue weighted by Gasteiger charge is 2.16. The van der Waals surface area contributed by atoms with E-state index in [4.69, 9.17) is 11.6 Å². The summed E-state index contributed by atoms with van der Waals surface area (Å²) in [4.78, 5) is 0. The highest BCUT2D eigenvalue weighted by Crippen LogP contribution is 2.26. The third-order valence-corrected chi connectivity index (χ3v) is 3.37. The zero-order valence-electron chi connectivity index (χ0n) is 11.0. The van der Waals surface area contributed by atoms with Gasteiger partial charge in [0.1, 0.15) is 5.82 Å². The van der Waals surface area contributed by atoms with Crippen molar-refractivity contribution in [2.24, 2.45) is 0 Å². The normalized spacial score (nSPS) is 12.5. The predicted molar refractivity (Wildman–Crippen MR) is 76.0 cm³/mol. The van der Waals surface area contributed by atoms with Gasteiger partial charge in [-0.05, 0) is 48.7 Å². The maximum Gasteiger partial charge on any atom is 0.129 e. The molecular formula is C16H16ClFO. The third kappa shape index (κ3) is 3.34. The Hall–Kier alpha value is -1.38. The fraction of sp³-hybridized carbons (Fsp3) is 0.250. The standard InChI is InChI=1S/C16H16ClFO/c1-10-6-11(2)16(14(18)7-10)15(19)9-12-4-3-5-13(17)8-12/h3-8,15,19H,9H2,1-2H3. The molecule has 0 aliphatic heterocycles. The highest BCUT2D eigenvalue weighted by molar-refractivity contribution is 6.30. The van der Waals surface area contributed by atoms with E-state index >= 15 is 0 Å². The molecule has 1 nitrogen and oxygen atoms in total. The van der Waals surface area contributed by atoms with E-state index in [1.165, 1.54) is 6.07 Å². The van der Waals surface area contributed by atoms with Crippen molar-refractivity contribution in [3.63, 3.8) is 0 Å². The molecule has 0 spiro atoms. The lowest BCUT2D eigenvalue weighted by Crippen LogP contribution is -2.07. The molecule has 0 saturated carbocycles. The highest BCUT2D eigenvalue weighted by atomic mass is 35.5. The van der Waals surface area contributed by atoms with Crippen LogP contribution in [-0.2, 0) is 6.42 Å². The summed E-state index contributed by atoms with van der Waals surface area (Å²) < 4.78 is 14.0. The summed E-state index contributed by atoms with van der Waals surface area (Å²) in [5.41, 5.74) is 2.88. The summed E-state index contributed by atoms with van der Waals surface area (Å²) in [5, 5.41) is 10.9. The molecular weight excluding hydrogens is 263 g/mol. The van der Waals surface area contributed by atoms with Gasteiger partial charge in [-0.15, -0.1) is 0 Å². The molecule has 0 bridgehead atoms. The summed E-state index contributed by atoms with van der Waals surface area (Å²) in [6.07, 6.45) is -0.513. The molecule has 2 aromatic rings. The Bertz CT molecular complexity index is 572. The number of aliphatic hydroxyl groups is 1. The minimum absolute atomic E-state index is 0.349. The Morgan fingerprint density at radius 3 is 2.58 bits per heavy atom. The molecule has 2 rings (SSSR count). The summed E-state index contributed by atoms with van der Waals surface area (Å²) in [5.74, 6) is -0.355. The van der Waals surface area contributed by atoms with Gasteiger partial charge in [0.2, 0.25) is 0 Å². The van der Waals surface area contributed by atoms with Crippen molar-refractivity contribution in [1.29, 1.82) is 0 Å². The Balaban J connectivity index is 2.28. The van der Waals surface area contributed by atoms with E-state index in [2.05, 4.69) is 0 Å². The van der Waals surface area contributed by atoms with Gasteiger partial charge >= 0.3 is 0 Å². The summed E-state index contributed by atoms with van der Waals surface area (Å²) in [6, 6.07) is 10.6. The first-order valence-corrected chi connectivity index (χ1v) is 6.54. The molecule has 0 heterocycles. The number of rotatable bonds is 3. The van der Waals surface area contributed by atoms with Crippen molar-refractivity contribution in [3.8, 4) is 0 Å². The number of halogens is 2. The van der Waals surface area contributed by atoms with E-state index in [0.29, 0.717) is 17.0 Å². The minimum atomic E-state index is -0.862. The van der Waals surface area contributed by atoms with Crippen LogP contribution < -0.4 is 0 Å². The lowest BCUT2D eigenvalue weighted by molar-refractivity contribution is 0.173. The number of benzene rings is 2. The molecule has 0 saturated heterocycles. The van der Waals surface area contributed by atoms with Crippen molar-refractivity contribution in [2.45, 2.75) is 26.4 Å². The molecule has 1 unspecified atom stereocenters. The van der Waals surface area contributed by atoms with Crippen LogP contribution in [0.25, 0.3) is 0 Å². The number of hydrogen-bond donors (Lipinski definition) is 1. The van der Waals surface area contributed by atoms with Crippen molar-refractivity contribution >= 4 is 11.6 Å². The summed E-state index contributed by atoms with van der Waals surface area (Å²) in [7, 11) is 0. The van der Waals surface area contributed by atoms with E-state index in [-0.39, 0.29) is 5.82 Å². The van der Waals surface area contributed by atoms with Gasteiger partial charge < -0.3 is 5.11 Å². The monoisotopic (exact) mass is 278 g/mol. The van der Waals surface area contributed by atoms with Gasteiger partial charge in [0.05, 0.1) is 6.10 Å². The second-order valence-electron chi connectivity index (χ2n) is 4.83. The molecule has 1 atom stereocenters. The number of aliphatic hydroxyl groups excluding tert-OH is 1. The van der Waals surface area contributed by atoms with Crippen LogP contribution in [0.5, 0.6) is 0 Å². The lowest BCUT2D eigenvalue weighted by Gasteiger charge is -2.15. The summed E-state index contributed by atoms with van der Waals surface area (Å²) in [6.45, 7) is 3.65. The molecule has 0 fully saturated rings. The Kier molecular flexibility index (Phi) is 4.23. The zero-order valence-corrected chi connectivity index (χ0v) is 11.7. The zero-order chi connectivity index (χ0) is 14.0. The second kappa shape index (κ2) is 5.72. The van der Waals surface area contributed by atoms with Gasteiger partial charge in [0.15, 0.2) is 0 Å². The van der Waals surface area contributed by atoms with Crippen LogP contribution in [-0.4, -0.2) is 5.11 Å². The molecule has 0 aromatic heterocycles. The van der Waals surface area contributed by atoms with Crippen molar-refractivity contribution in [1.82, 2.24) is 0 Å². The molecule has 19 heavy (non-hydrogen) atoms. The van der Waals surface area contributed by atoms with Gasteiger partial charge in [0.25, 0.3) is 0 Å². The van der Waals surface area contributed by atoms with Crippen LogP contribution in [0.4, 0.5) is 4.39 Å². The van der Waals surface area contributed by atoms with Crippen molar-refractivity contribution < 1.29 is 9.50 Å². The lowest BCUT2D eigenvalue weighted by atomic mass is 9.96. The van der Waals surface area contributed by atoms with Crippen LogP contribution >= 0.6 is 11.6 Å². The van der Waals surface area contributed by atoms with Crippen LogP contribution in [0.2, 0.25) is 5.02 Å². The fourth-order valence-corrected chi connectivity index (χ4v) is 2.55. The Labute approximate surface area is 117 Å². The Morgan fingerprint density at radius 2 is 1.95 bits per heavy atom. The third-order valence-electron chi connectivity index (χ3n) is 3.13. The van der Waals surface area contributed by atoms with Gasteiger partial charge in [0, 0.05) is 17.0 Å². The van der Waals surface area contributed by atoms with E-state index in [9.17, 15) is 9.50 Å². The van der Waals surface area contributed by atoms with Gasteiger partial charge in [-0.3, -0.25) is 0 Å². The first kappa shape index (κ1) is 14.0. The smallest absolute Gasteiger partial charge is 0.129 e. The van der Waals surface area contributed by atoms with E-state index in [1.807, 2.05) is 32.0 Å². The quantitative estimate of drug-likeness (QED) is 0.884. The van der Waals surface area contributed by atoms with Crippen LogP contribution in [0.1, 0.15) is 28.4 Å². The predicted octanol–water partition coefficient (Wildman–Crippen LogP) is 4.37. The molecule has 0 aliphatic rings. The average molecular weight is 279 g/mol. The maximum absolute atomic E-state index is 14.0. The molecule has 100 valence electrons. The van der Waals surface area contributed by atoms with Gasteiger partial charge in [-0.25, -0.2) is 4.39 Å². The SMILES string of the molecule is Cc1cc(C)c(C(O)Cc2cccc(Cl)c2)c(F)c1. The van der Waals surface area contributed by atoms with Gasteiger partial charge in [-0.1, -0.05) is 29.8 Å². The Morgan fingerprint density at radius 1 is 1.21 bits per heavy atom. The number of hydrogen-bond acceptors (Lipinski definition) is 1. The molecule has 0 radical (unpaired) electrons. The molecule has 0 aliphatic carbocycles. The maximum atomic E-state index is 14.0. The minimum Gasteiger partial charge on any atom is -0.388 e. The fourth-order valence-electron chi connectivity index (χ4n) is 2.34. The molecule has 3 heteroatoms. The van der Waals surface area contributed by atoms with E-state index in [0.717, 1.165) is 16.7 Å². The molecule has 0 amide bonds. The largest absolute Gasteiger partial charge is 0.388 e. The average Bonchev–Trinajstić information content (AvgIpc) is 2.27. The molecule has 1 N–H and O–H groups in total. The van der Waals surface area contributed by atoms with E-state index < -0.39 is 6.10 Å². The molecule has 2 aromatic carbocycles. The second-order valence-corrected chi connectivity index (χ2v) is 5.26.